The number of anilines is 1. The van der Waals surface area contributed by atoms with Crippen LogP contribution in [0.4, 0.5) is 5.69 Å². The molecular formula is C18H27ClN2O3. The second-order valence-electron chi connectivity index (χ2n) is 5.71. The van der Waals surface area contributed by atoms with Crippen LogP contribution in [0.2, 0.25) is 5.02 Å². The van der Waals surface area contributed by atoms with Crippen molar-refractivity contribution in [1.29, 1.82) is 0 Å². The first-order chi connectivity index (χ1) is 11.4. The SMILES string of the molecule is CCCCN(CCCC)C(=O)c1cc(Cl)c(NC(C)=O)cc1OC. The van der Waals surface area contributed by atoms with Crippen LogP contribution in [0, 0.1) is 0 Å². The summed E-state index contributed by atoms with van der Waals surface area (Å²) in [4.78, 5) is 26.0. The maximum atomic E-state index is 12.9. The second kappa shape index (κ2) is 10.2. The highest BCUT2D eigenvalue weighted by atomic mass is 35.5. The van der Waals surface area contributed by atoms with Gasteiger partial charge < -0.3 is 15.0 Å². The number of hydrogen-bond acceptors (Lipinski definition) is 3. The van der Waals surface area contributed by atoms with Crippen LogP contribution in [0.3, 0.4) is 0 Å². The van der Waals surface area contributed by atoms with Crippen LogP contribution in [0.5, 0.6) is 5.75 Å². The van der Waals surface area contributed by atoms with Gasteiger partial charge in [-0.3, -0.25) is 9.59 Å². The average molecular weight is 355 g/mol. The van der Waals surface area contributed by atoms with Crippen molar-refractivity contribution in [2.24, 2.45) is 0 Å². The van der Waals surface area contributed by atoms with E-state index in [1.807, 2.05) is 4.90 Å². The molecular weight excluding hydrogens is 328 g/mol. The average Bonchev–Trinajstić information content (AvgIpc) is 2.55. The van der Waals surface area contributed by atoms with Gasteiger partial charge in [-0.15, -0.1) is 0 Å². The topological polar surface area (TPSA) is 58.6 Å². The van der Waals surface area contributed by atoms with Crippen LogP contribution in [0.25, 0.3) is 0 Å². The number of halogens is 1. The third-order valence-electron chi connectivity index (χ3n) is 3.68. The van der Waals surface area contributed by atoms with E-state index in [0.717, 1.165) is 25.7 Å². The number of carbonyl (C=O) groups is 2. The molecule has 24 heavy (non-hydrogen) atoms. The fourth-order valence-corrected chi connectivity index (χ4v) is 2.57. The molecule has 0 fully saturated rings. The monoisotopic (exact) mass is 354 g/mol. The van der Waals surface area contributed by atoms with E-state index < -0.39 is 0 Å². The summed E-state index contributed by atoms with van der Waals surface area (Å²) in [7, 11) is 1.50. The maximum absolute atomic E-state index is 12.9. The van der Waals surface area contributed by atoms with Crippen molar-refractivity contribution in [1.82, 2.24) is 4.90 Å². The van der Waals surface area contributed by atoms with Gasteiger partial charge in [0.05, 0.1) is 23.4 Å². The lowest BCUT2D eigenvalue weighted by atomic mass is 10.1. The zero-order valence-corrected chi connectivity index (χ0v) is 15.7. The Morgan fingerprint density at radius 2 is 1.75 bits per heavy atom. The molecule has 0 saturated heterocycles. The molecule has 0 radical (unpaired) electrons. The number of ether oxygens (including phenoxy) is 1. The van der Waals surface area contributed by atoms with Crippen molar-refractivity contribution in [3.63, 3.8) is 0 Å². The molecule has 0 spiro atoms. The van der Waals surface area contributed by atoms with Crippen LogP contribution in [0.15, 0.2) is 12.1 Å². The minimum absolute atomic E-state index is 0.0926. The predicted molar refractivity (Wildman–Crippen MR) is 98.0 cm³/mol. The lowest BCUT2D eigenvalue weighted by molar-refractivity contribution is -0.114. The molecule has 1 aromatic rings. The number of rotatable bonds is 9. The van der Waals surface area contributed by atoms with E-state index in [-0.39, 0.29) is 11.8 Å². The smallest absolute Gasteiger partial charge is 0.257 e. The van der Waals surface area contributed by atoms with Gasteiger partial charge in [0.2, 0.25) is 5.91 Å². The Balaban J connectivity index is 3.13. The van der Waals surface area contributed by atoms with E-state index in [1.54, 1.807) is 12.1 Å². The number of carbonyl (C=O) groups excluding carboxylic acids is 2. The zero-order chi connectivity index (χ0) is 18.1. The first-order valence-corrected chi connectivity index (χ1v) is 8.76. The van der Waals surface area contributed by atoms with Crippen molar-refractivity contribution in [3.05, 3.63) is 22.7 Å². The fraction of sp³-hybridized carbons (Fsp3) is 0.556. The molecule has 0 saturated carbocycles. The van der Waals surface area contributed by atoms with Gasteiger partial charge in [0, 0.05) is 26.1 Å². The number of unbranched alkanes of at least 4 members (excludes halogenated alkanes) is 2. The first-order valence-electron chi connectivity index (χ1n) is 8.38. The Labute approximate surface area is 149 Å². The highest BCUT2D eigenvalue weighted by Crippen LogP contribution is 2.32. The minimum Gasteiger partial charge on any atom is -0.496 e. The van der Waals surface area contributed by atoms with E-state index in [1.165, 1.54) is 14.0 Å². The van der Waals surface area contributed by atoms with Crippen molar-refractivity contribution in [2.45, 2.75) is 46.5 Å². The summed E-state index contributed by atoms with van der Waals surface area (Å²) in [6.07, 6.45) is 3.95. The quantitative estimate of drug-likeness (QED) is 0.717. The highest BCUT2D eigenvalue weighted by molar-refractivity contribution is 6.34. The minimum atomic E-state index is -0.231. The summed E-state index contributed by atoms with van der Waals surface area (Å²) in [5, 5.41) is 2.96. The van der Waals surface area contributed by atoms with Crippen molar-refractivity contribution in [3.8, 4) is 5.75 Å². The van der Waals surface area contributed by atoms with Crippen LogP contribution < -0.4 is 10.1 Å². The molecule has 0 bridgehead atoms. The Morgan fingerprint density at radius 1 is 1.17 bits per heavy atom. The van der Waals surface area contributed by atoms with Gasteiger partial charge in [0.15, 0.2) is 0 Å². The van der Waals surface area contributed by atoms with Gasteiger partial charge in [0.1, 0.15) is 5.75 Å². The standard InChI is InChI=1S/C18H27ClN2O3/c1-5-7-9-21(10-8-6-2)18(23)14-11-15(19)16(20-13(3)22)12-17(14)24-4/h11-12H,5-10H2,1-4H3,(H,20,22). The van der Waals surface area contributed by atoms with Gasteiger partial charge in [-0.2, -0.15) is 0 Å². The number of amides is 2. The van der Waals surface area contributed by atoms with Crippen LogP contribution in [-0.2, 0) is 4.79 Å². The number of nitrogens with zero attached hydrogens (tertiary/aromatic N) is 1. The molecule has 0 aromatic heterocycles. The van der Waals surface area contributed by atoms with E-state index in [2.05, 4.69) is 19.2 Å². The van der Waals surface area contributed by atoms with E-state index in [0.29, 0.717) is 35.1 Å². The summed E-state index contributed by atoms with van der Waals surface area (Å²) >= 11 is 6.22. The molecule has 5 nitrogen and oxygen atoms in total. The molecule has 0 aliphatic rings. The Bertz CT molecular complexity index is 568. The molecule has 2 amide bonds. The fourth-order valence-electron chi connectivity index (χ4n) is 2.36. The molecule has 0 atom stereocenters. The lowest BCUT2D eigenvalue weighted by Crippen LogP contribution is -2.33. The van der Waals surface area contributed by atoms with E-state index in [4.69, 9.17) is 16.3 Å². The second-order valence-corrected chi connectivity index (χ2v) is 6.12. The number of hydrogen-bond donors (Lipinski definition) is 1. The molecule has 0 aliphatic carbocycles. The molecule has 6 heteroatoms. The van der Waals surface area contributed by atoms with Crippen LogP contribution in [-0.4, -0.2) is 36.9 Å². The summed E-state index contributed by atoms with van der Waals surface area (Å²) in [6, 6.07) is 3.16. The summed E-state index contributed by atoms with van der Waals surface area (Å²) in [5.41, 5.74) is 0.857. The predicted octanol–water partition coefficient (Wildman–Crippen LogP) is 4.35. The normalized spacial score (nSPS) is 10.4. The summed E-state index contributed by atoms with van der Waals surface area (Å²) in [5.74, 6) is 0.0849. The Hall–Kier alpha value is -1.75. The van der Waals surface area contributed by atoms with Crippen molar-refractivity contribution in [2.75, 3.05) is 25.5 Å². The van der Waals surface area contributed by atoms with Gasteiger partial charge in [0.25, 0.3) is 5.91 Å². The first kappa shape index (κ1) is 20.3. The zero-order valence-electron chi connectivity index (χ0n) is 14.9. The third-order valence-corrected chi connectivity index (χ3v) is 3.99. The summed E-state index contributed by atoms with van der Waals surface area (Å²) in [6.45, 7) is 7.02. The van der Waals surface area contributed by atoms with Crippen molar-refractivity contribution < 1.29 is 14.3 Å². The molecule has 0 aliphatic heterocycles. The van der Waals surface area contributed by atoms with Gasteiger partial charge >= 0.3 is 0 Å². The van der Waals surface area contributed by atoms with Gasteiger partial charge in [-0.05, 0) is 18.9 Å². The van der Waals surface area contributed by atoms with Crippen molar-refractivity contribution >= 4 is 29.1 Å². The molecule has 0 unspecified atom stereocenters. The molecule has 1 aromatic carbocycles. The third kappa shape index (κ3) is 5.71. The van der Waals surface area contributed by atoms with Gasteiger partial charge in [-0.1, -0.05) is 38.3 Å². The van der Waals surface area contributed by atoms with E-state index in [9.17, 15) is 9.59 Å². The maximum Gasteiger partial charge on any atom is 0.257 e. The van der Waals surface area contributed by atoms with Crippen LogP contribution >= 0.6 is 11.6 Å². The summed E-state index contributed by atoms with van der Waals surface area (Å²) < 4.78 is 5.35. The van der Waals surface area contributed by atoms with Crippen LogP contribution in [0.1, 0.15) is 56.8 Å². The van der Waals surface area contributed by atoms with Gasteiger partial charge in [-0.25, -0.2) is 0 Å². The lowest BCUT2D eigenvalue weighted by Gasteiger charge is -2.24. The van der Waals surface area contributed by atoms with E-state index >= 15 is 0 Å². The molecule has 0 heterocycles. The molecule has 1 N–H and O–H groups in total. The largest absolute Gasteiger partial charge is 0.496 e. The number of methoxy groups -OCH3 is 1. The highest BCUT2D eigenvalue weighted by Gasteiger charge is 2.21. The Morgan fingerprint density at radius 3 is 2.21 bits per heavy atom. The number of nitrogens with one attached hydrogen (secondary N) is 1. The molecule has 1 rings (SSSR count). The number of benzene rings is 1. The molecule has 134 valence electrons. The Kier molecular flexibility index (Phi) is 8.61.